The minimum Gasteiger partial charge on any atom is -0.477 e. The number of carbonyl (C=O) groups is 1. The van der Waals surface area contributed by atoms with Crippen molar-refractivity contribution in [2.24, 2.45) is 0 Å². The summed E-state index contributed by atoms with van der Waals surface area (Å²) in [5, 5.41) is 5.88. The van der Waals surface area contributed by atoms with Crippen LogP contribution in [0, 0.1) is 0 Å². The fraction of sp³-hybridized carbons (Fsp3) is 0.385. The number of nitrogens with zero attached hydrogens (tertiary/aromatic N) is 3. The first-order valence-electron chi connectivity index (χ1n) is 11.7. The Morgan fingerprint density at radius 1 is 1.00 bits per heavy atom. The van der Waals surface area contributed by atoms with Crippen LogP contribution in [0.25, 0.3) is 10.8 Å². The van der Waals surface area contributed by atoms with Gasteiger partial charge in [-0.15, -0.1) is 0 Å². The summed E-state index contributed by atoms with van der Waals surface area (Å²) in [5.74, 6) is 0.392. The van der Waals surface area contributed by atoms with Crippen LogP contribution in [0.5, 0.6) is 5.88 Å². The Morgan fingerprint density at radius 3 is 2.70 bits per heavy atom. The highest BCUT2D eigenvalue weighted by atomic mass is 35.5. The number of unbranched alkanes of at least 4 members (excludes halogenated alkanes) is 1. The summed E-state index contributed by atoms with van der Waals surface area (Å²) in [6.07, 6.45) is 4.90. The van der Waals surface area contributed by atoms with Crippen LogP contribution in [0.2, 0.25) is 5.02 Å². The molecule has 1 fully saturated rings. The molecule has 0 radical (unpaired) electrons. The van der Waals surface area contributed by atoms with Crippen LogP contribution in [0.1, 0.15) is 24.8 Å². The zero-order valence-corrected chi connectivity index (χ0v) is 19.5. The average molecular weight is 465 g/mol. The summed E-state index contributed by atoms with van der Waals surface area (Å²) in [5.41, 5.74) is 2.96. The Balaban J connectivity index is 1.06. The van der Waals surface area contributed by atoms with Crippen molar-refractivity contribution in [3.63, 3.8) is 0 Å². The molecule has 1 amide bonds. The molecule has 2 aliphatic rings. The lowest BCUT2D eigenvalue weighted by molar-refractivity contribution is -0.116. The Kier molecular flexibility index (Phi) is 6.65. The minimum absolute atomic E-state index is 0.0119. The molecule has 0 atom stereocenters. The third-order valence-corrected chi connectivity index (χ3v) is 6.89. The number of halogens is 1. The molecule has 1 N–H and O–H groups in total. The fourth-order valence-electron chi connectivity index (χ4n) is 4.68. The predicted molar refractivity (Wildman–Crippen MR) is 134 cm³/mol. The second-order valence-corrected chi connectivity index (χ2v) is 9.09. The van der Waals surface area contributed by atoms with E-state index in [0.717, 1.165) is 51.1 Å². The third kappa shape index (κ3) is 4.92. The largest absolute Gasteiger partial charge is 0.477 e. The van der Waals surface area contributed by atoms with E-state index < -0.39 is 0 Å². The molecule has 0 spiro atoms. The fourth-order valence-corrected chi connectivity index (χ4v) is 4.96. The normalized spacial score (nSPS) is 16.5. The molecule has 3 aromatic rings. The number of amides is 1. The summed E-state index contributed by atoms with van der Waals surface area (Å²) in [7, 11) is 0. The van der Waals surface area contributed by atoms with Gasteiger partial charge in [0.1, 0.15) is 5.02 Å². The van der Waals surface area contributed by atoms with Crippen molar-refractivity contribution in [3.8, 4) is 5.88 Å². The molecule has 5 rings (SSSR count). The average Bonchev–Trinajstić information content (AvgIpc) is 2.85. The van der Waals surface area contributed by atoms with Crippen molar-refractivity contribution in [2.45, 2.75) is 25.7 Å². The first-order chi connectivity index (χ1) is 16.2. The highest BCUT2D eigenvalue weighted by molar-refractivity contribution is 6.35. The van der Waals surface area contributed by atoms with E-state index in [1.54, 1.807) is 6.20 Å². The van der Waals surface area contributed by atoms with Gasteiger partial charge in [-0.05, 0) is 42.8 Å². The molecule has 33 heavy (non-hydrogen) atoms. The Labute approximate surface area is 199 Å². The van der Waals surface area contributed by atoms with Gasteiger partial charge in [-0.25, -0.2) is 4.98 Å². The minimum atomic E-state index is -0.0119. The summed E-state index contributed by atoms with van der Waals surface area (Å²) >= 11 is 6.41. The first-order valence-corrected chi connectivity index (χ1v) is 12.1. The van der Waals surface area contributed by atoms with Crippen LogP contribution < -0.4 is 15.0 Å². The van der Waals surface area contributed by atoms with Gasteiger partial charge in [0.15, 0.2) is 0 Å². The van der Waals surface area contributed by atoms with E-state index in [0.29, 0.717) is 36.0 Å². The third-order valence-electron chi connectivity index (χ3n) is 6.54. The molecule has 172 valence electrons. The maximum Gasteiger partial charge on any atom is 0.234 e. The molecular weight excluding hydrogens is 436 g/mol. The van der Waals surface area contributed by atoms with Gasteiger partial charge in [-0.1, -0.05) is 48.0 Å². The lowest BCUT2D eigenvalue weighted by atomic mass is 10.1. The highest BCUT2D eigenvalue weighted by Crippen LogP contribution is 2.36. The van der Waals surface area contributed by atoms with E-state index in [-0.39, 0.29) is 5.91 Å². The summed E-state index contributed by atoms with van der Waals surface area (Å²) in [6.45, 7) is 5.86. The number of anilines is 2. The van der Waals surface area contributed by atoms with Crippen LogP contribution in [0.3, 0.4) is 0 Å². The van der Waals surface area contributed by atoms with Gasteiger partial charge in [-0.2, -0.15) is 0 Å². The van der Waals surface area contributed by atoms with Gasteiger partial charge in [0.05, 0.1) is 12.3 Å². The number of ether oxygens (including phenoxy) is 1. The van der Waals surface area contributed by atoms with Crippen LogP contribution in [-0.4, -0.2) is 55.1 Å². The highest BCUT2D eigenvalue weighted by Gasteiger charge is 2.21. The molecule has 1 aromatic heterocycles. The molecule has 7 heteroatoms. The Hall–Kier alpha value is -2.83. The number of aryl methyl sites for hydroxylation is 1. The number of aromatic nitrogens is 1. The first kappa shape index (κ1) is 22.0. The van der Waals surface area contributed by atoms with Crippen LogP contribution in [0.4, 0.5) is 11.4 Å². The van der Waals surface area contributed by atoms with Crippen LogP contribution in [0.15, 0.2) is 48.7 Å². The Morgan fingerprint density at radius 2 is 1.82 bits per heavy atom. The second-order valence-electron chi connectivity index (χ2n) is 8.71. The molecule has 2 aliphatic heterocycles. The van der Waals surface area contributed by atoms with E-state index in [1.165, 1.54) is 16.5 Å². The number of rotatable bonds is 7. The van der Waals surface area contributed by atoms with Crippen molar-refractivity contribution in [1.29, 1.82) is 0 Å². The van der Waals surface area contributed by atoms with Gasteiger partial charge in [0.25, 0.3) is 0 Å². The number of pyridine rings is 1. The molecule has 3 heterocycles. The van der Waals surface area contributed by atoms with Crippen molar-refractivity contribution in [1.82, 2.24) is 9.88 Å². The molecule has 6 nitrogen and oxygen atoms in total. The van der Waals surface area contributed by atoms with Gasteiger partial charge in [-0.3, -0.25) is 9.69 Å². The molecular formula is C26H29ClN4O2. The number of fused-ring (bicyclic) bond motifs is 2. The van der Waals surface area contributed by atoms with Crippen molar-refractivity contribution in [2.75, 3.05) is 49.5 Å². The van der Waals surface area contributed by atoms with Crippen molar-refractivity contribution in [3.05, 3.63) is 59.2 Å². The van der Waals surface area contributed by atoms with Crippen LogP contribution >= 0.6 is 11.6 Å². The molecule has 0 aliphatic carbocycles. The molecule has 0 bridgehead atoms. The van der Waals surface area contributed by atoms with E-state index in [9.17, 15) is 4.79 Å². The molecule has 1 saturated heterocycles. The van der Waals surface area contributed by atoms with Gasteiger partial charge >= 0.3 is 0 Å². The lowest BCUT2D eigenvalue weighted by Gasteiger charge is -2.36. The molecule has 0 saturated carbocycles. The van der Waals surface area contributed by atoms with Gasteiger partial charge in [0.2, 0.25) is 11.8 Å². The summed E-state index contributed by atoms with van der Waals surface area (Å²) in [6, 6.07) is 15.2. The topological polar surface area (TPSA) is 57.7 Å². The number of hydrogen-bond acceptors (Lipinski definition) is 5. The Bertz CT molecular complexity index is 1140. The molecule has 0 unspecified atom stereocenters. The zero-order chi connectivity index (χ0) is 22.6. The SMILES string of the molecule is O=C1CCc2cnc(OCCCCN3CCN(c4cccc5ccccc45)CC3)c(Cl)c2N1. The van der Waals surface area contributed by atoms with Gasteiger partial charge in [0, 0.05) is 49.9 Å². The standard InChI is InChI=1S/C26H29ClN4O2/c27-24-25-20(10-11-23(32)29-25)18-28-26(24)33-17-4-3-12-30-13-15-31(16-14-30)22-9-5-7-19-6-1-2-8-21(19)22/h1-2,5-9,18H,3-4,10-17H2,(H,29,32). The van der Waals surface area contributed by atoms with Crippen LogP contribution in [-0.2, 0) is 11.2 Å². The van der Waals surface area contributed by atoms with E-state index in [1.807, 2.05) is 0 Å². The molecule has 2 aromatic carbocycles. The number of hydrogen-bond donors (Lipinski definition) is 1. The zero-order valence-electron chi connectivity index (χ0n) is 18.7. The van der Waals surface area contributed by atoms with E-state index >= 15 is 0 Å². The summed E-state index contributed by atoms with van der Waals surface area (Å²) < 4.78 is 5.82. The maximum absolute atomic E-state index is 11.7. The van der Waals surface area contributed by atoms with Crippen molar-refractivity contribution >= 4 is 39.7 Å². The quantitative estimate of drug-likeness (QED) is 0.511. The number of piperazine rings is 1. The van der Waals surface area contributed by atoms with E-state index in [4.69, 9.17) is 16.3 Å². The number of carbonyl (C=O) groups excluding carboxylic acids is 1. The number of nitrogens with one attached hydrogen (secondary N) is 1. The van der Waals surface area contributed by atoms with Gasteiger partial charge < -0.3 is 15.0 Å². The van der Waals surface area contributed by atoms with E-state index in [2.05, 4.69) is 62.6 Å². The lowest BCUT2D eigenvalue weighted by Crippen LogP contribution is -2.46. The second kappa shape index (κ2) is 9.98. The maximum atomic E-state index is 11.7. The monoisotopic (exact) mass is 464 g/mol. The number of benzene rings is 2. The summed E-state index contributed by atoms with van der Waals surface area (Å²) in [4.78, 5) is 21.0. The predicted octanol–water partition coefficient (Wildman–Crippen LogP) is 4.75. The van der Waals surface area contributed by atoms with Crippen molar-refractivity contribution < 1.29 is 9.53 Å². The smallest absolute Gasteiger partial charge is 0.234 e.